The van der Waals surface area contributed by atoms with Crippen molar-refractivity contribution in [1.29, 1.82) is 0 Å². The maximum Gasteiger partial charge on any atom is 0.320 e. The van der Waals surface area contributed by atoms with Crippen molar-refractivity contribution in [3.63, 3.8) is 0 Å². The van der Waals surface area contributed by atoms with Crippen molar-refractivity contribution in [1.82, 2.24) is 19.4 Å². The van der Waals surface area contributed by atoms with E-state index in [4.69, 9.17) is 0 Å². The van der Waals surface area contributed by atoms with Crippen molar-refractivity contribution < 1.29 is 13.6 Å². The number of imidazole rings is 1. The van der Waals surface area contributed by atoms with Gasteiger partial charge in [0.15, 0.2) is 0 Å². The number of piperidine rings is 2. The Labute approximate surface area is 135 Å². The summed E-state index contributed by atoms with van der Waals surface area (Å²) in [7, 11) is 0. The lowest BCUT2D eigenvalue weighted by atomic mass is 10.00. The lowest BCUT2D eigenvalue weighted by molar-refractivity contribution is 0.0472. The minimum Gasteiger partial charge on any atom is -0.337 e. The molecule has 0 bridgehead atoms. The molecule has 0 unspecified atom stereocenters. The number of nitrogens with zero attached hydrogens (tertiary/aromatic N) is 4. The van der Waals surface area contributed by atoms with Crippen LogP contribution in [-0.2, 0) is 0 Å². The Morgan fingerprint density at radius 2 is 1.83 bits per heavy atom. The van der Waals surface area contributed by atoms with Gasteiger partial charge in [-0.25, -0.2) is 4.98 Å². The van der Waals surface area contributed by atoms with E-state index >= 15 is 0 Å². The Morgan fingerprint density at radius 3 is 2.43 bits per heavy atom. The average Bonchev–Trinajstić information content (AvgIpc) is 2.97. The van der Waals surface area contributed by atoms with Crippen LogP contribution in [0.1, 0.15) is 55.0 Å². The quantitative estimate of drug-likeness (QED) is 0.857. The van der Waals surface area contributed by atoms with Crippen molar-refractivity contribution in [2.45, 2.75) is 51.6 Å². The van der Waals surface area contributed by atoms with E-state index in [1.165, 1.54) is 32.4 Å². The van der Waals surface area contributed by atoms with Gasteiger partial charge in [0.05, 0.1) is 6.20 Å². The fourth-order valence-corrected chi connectivity index (χ4v) is 3.74. The molecule has 0 radical (unpaired) electrons. The highest BCUT2D eigenvalue weighted by Crippen LogP contribution is 2.23. The molecule has 1 aromatic heterocycles. The summed E-state index contributed by atoms with van der Waals surface area (Å²) in [6, 6.07) is 0.529. The summed E-state index contributed by atoms with van der Waals surface area (Å²) in [6.07, 6.45) is 6.93. The van der Waals surface area contributed by atoms with E-state index in [0.29, 0.717) is 19.1 Å². The molecule has 1 amide bonds. The number of carbonyl (C=O) groups excluding carboxylic acids is 1. The van der Waals surface area contributed by atoms with E-state index in [2.05, 4.69) is 9.88 Å². The van der Waals surface area contributed by atoms with E-state index < -0.39 is 6.55 Å². The molecule has 7 heteroatoms. The summed E-state index contributed by atoms with van der Waals surface area (Å²) in [5.74, 6) is -0.158. The second kappa shape index (κ2) is 6.95. The van der Waals surface area contributed by atoms with E-state index in [1.54, 1.807) is 4.90 Å². The standard InChI is InChI=1S/C16H24F2N4O/c1-12-19-11-14(22(12)16(17)18)15(23)21-9-5-13(6-10-21)20-7-3-2-4-8-20/h11,13,16H,2-10H2,1H3. The first kappa shape index (κ1) is 16.4. The molecule has 3 rings (SSSR count). The zero-order chi connectivity index (χ0) is 16.4. The van der Waals surface area contributed by atoms with Crippen LogP contribution in [0.4, 0.5) is 8.78 Å². The molecular formula is C16H24F2N4O. The summed E-state index contributed by atoms with van der Waals surface area (Å²) in [5, 5.41) is 0. The Hall–Kier alpha value is -1.50. The van der Waals surface area contributed by atoms with E-state index in [1.807, 2.05) is 0 Å². The van der Waals surface area contributed by atoms with Gasteiger partial charge < -0.3 is 9.80 Å². The first-order valence-corrected chi connectivity index (χ1v) is 8.43. The predicted molar refractivity (Wildman–Crippen MR) is 82.6 cm³/mol. The van der Waals surface area contributed by atoms with Crippen LogP contribution >= 0.6 is 0 Å². The van der Waals surface area contributed by atoms with E-state index in [0.717, 1.165) is 30.5 Å². The zero-order valence-electron chi connectivity index (χ0n) is 13.5. The van der Waals surface area contributed by atoms with E-state index in [9.17, 15) is 13.6 Å². The summed E-state index contributed by atoms with van der Waals surface area (Å²) < 4.78 is 26.9. The predicted octanol–water partition coefficient (Wildman–Crippen LogP) is 2.68. The topological polar surface area (TPSA) is 41.4 Å². The SMILES string of the molecule is Cc1ncc(C(=O)N2CCC(N3CCCCC3)CC2)n1C(F)F. The molecule has 128 valence electrons. The second-order valence-corrected chi connectivity index (χ2v) is 6.46. The molecule has 0 aromatic carbocycles. The molecule has 0 saturated carbocycles. The van der Waals surface area contributed by atoms with E-state index in [-0.39, 0.29) is 17.4 Å². The Bertz CT molecular complexity index is 546. The van der Waals surface area contributed by atoms with Crippen molar-refractivity contribution in [2.24, 2.45) is 0 Å². The summed E-state index contributed by atoms with van der Waals surface area (Å²) in [5.41, 5.74) is -0.00563. The number of hydrogen-bond donors (Lipinski definition) is 0. The summed E-state index contributed by atoms with van der Waals surface area (Å²) in [4.78, 5) is 20.6. The van der Waals surface area contributed by atoms with Crippen LogP contribution in [0.25, 0.3) is 0 Å². The van der Waals surface area contributed by atoms with Crippen LogP contribution in [0.15, 0.2) is 6.20 Å². The van der Waals surface area contributed by atoms with Crippen molar-refractivity contribution in [3.05, 3.63) is 17.7 Å². The maximum absolute atomic E-state index is 13.1. The molecule has 2 saturated heterocycles. The average molecular weight is 326 g/mol. The highest BCUT2D eigenvalue weighted by atomic mass is 19.3. The summed E-state index contributed by atoms with van der Waals surface area (Å²) >= 11 is 0. The minimum atomic E-state index is -2.73. The van der Waals surface area contributed by atoms with Crippen molar-refractivity contribution in [3.8, 4) is 0 Å². The smallest absolute Gasteiger partial charge is 0.320 e. The van der Waals surface area contributed by atoms with Crippen molar-refractivity contribution in [2.75, 3.05) is 26.2 Å². The monoisotopic (exact) mass is 326 g/mol. The normalized spacial score (nSPS) is 21.1. The fourth-order valence-electron chi connectivity index (χ4n) is 3.74. The van der Waals surface area contributed by atoms with Crippen LogP contribution < -0.4 is 0 Å². The van der Waals surface area contributed by atoms with Crippen LogP contribution in [0.2, 0.25) is 0 Å². The summed E-state index contributed by atoms with van der Waals surface area (Å²) in [6.45, 7) is 2.32. The molecule has 0 spiro atoms. The lowest BCUT2D eigenvalue weighted by Crippen LogP contribution is -2.48. The Morgan fingerprint density at radius 1 is 1.17 bits per heavy atom. The number of halogens is 2. The molecule has 3 heterocycles. The molecule has 2 fully saturated rings. The number of rotatable bonds is 3. The third-order valence-electron chi connectivity index (χ3n) is 5.05. The van der Waals surface area contributed by atoms with Gasteiger partial charge in [-0.3, -0.25) is 9.36 Å². The maximum atomic E-state index is 13.1. The van der Waals surface area contributed by atoms with Gasteiger partial charge in [-0.2, -0.15) is 8.78 Å². The van der Waals surface area contributed by atoms with Crippen LogP contribution in [0.5, 0.6) is 0 Å². The molecule has 1 aromatic rings. The number of aryl methyl sites for hydroxylation is 1. The fraction of sp³-hybridized carbons (Fsp3) is 0.750. The third kappa shape index (κ3) is 3.39. The Balaban J connectivity index is 1.62. The largest absolute Gasteiger partial charge is 0.337 e. The van der Waals surface area contributed by atoms with Gasteiger partial charge in [-0.15, -0.1) is 0 Å². The van der Waals surface area contributed by atoms with Crippen molar-refractivity contribution >= 4 is 5.91 Å². The highest BCUT2D eigenvalue weighted by molar-refractivity contribution is 5.92. The zero-order valence-corrected chi connectivity index (χ0v) is 13.5. The van der Waals surface area contributed by atoms with Gasteiger partial charge in [0, 0.05) is 19.1 Å². The first-order valence-electron chi connectivity index (χ1n) is 8.43. The molecule has 5 nitrogen and oxygen atoms in total. The second-order valence-electron chi connectivity index (χ2n) is 6.46. The van der Waals surface area contributed by atoms with Gasteiger partial charge in [0.25, 0.3) is 5.91 Å². The molecule has 0 atom stereocenters. The number of carbonyl (C=O) groups is 1. The minimum absolute atomic E-state index is 0.00563. The first-order chi connectivity index (χ1) is 11.1. The number of aromatic nitrogens is 2. The van der Waals surface area contributed by atoms with Crippen LogP contribution in [0.3, 0.4) is 0 Å². The Kier molecular flexibility index (Phi) is 4.94. The number of amides is 1. The number of hydrogen-bond acceptors (Lipinski definition) is 3. The van der Waals surface area contributed by atoms with Crippen LogP contribution in [0, 0.1) is 6.92 Å². The van der Waals surface area contributed by atoms with Gasteiger partial charge in [-0.1, -0.05) is 6.42 Å². The van der Waals surface area contributed by atoms with Gasteiger partial charge in [0.1, 0.15) is 11.5 Å². The molecule has 0 aliphatic carbocycles. The van der Waals surface area contributed by atoms with Gasteiger partial charge >= 0.3 is 6.55 Å². The number of alkyl halides is 2. The van der Waals surface area contributed by atoms with Gasteiger partial charge in [0.2, 0.25) is 0 Å². The van der Waals surface area contributed by atoms with Gasteiger partial charge in [-0.05, 0) is 45.7 Å². The van der Waals surface area contributed by atoms with Crippen LogP contribution in [-0.4, -0.2) is 57.5 Å². The highest BCUT2D eigenvalue weighted by Gasteiger charge is 2.30. The molecular weight excluding hydrogens is 302 g/mol. The molecule has 23 heavy (non-hydrogen) atoms. The molecule has 2 aliphatic heterocycles. The molecule has 0 N–H and O–H groups in total. The lowest BCUT2D eigenvalue weighted by Gasteiger charge is -2.40. The molecule has 2 aliphatic rings. The number of likely N-dealkylation sites (tertiary alicyclic amines) is 2. The third-order valence-corrected chi connectivity index (χ3v) is 5.05.